The molecule has 1 amide bonds. The Bertz CT molecular complexity index is 1330. The van der Waals surface area contributed by atoms with Crippen molar-refractivity contribution < 1.29 is 17.6 Å². The average Bonchev–Trinajstić information content (AvgIpc) is 3.15. The fraction of sp³-hybridized carbons (Fsp3) is 0.125. The molecule has 1 heterocycles. The quantitative estimate of drug-likeness (QED) is 0.413. The van der Waals surface area contributed by atoms with Gasteiger partial charge in [0, 0.05) is 29.3 Å². The number of likely N-dealkylation sites (N-methyl/N-ethyl adjacent to an activating group) is 1. The summed E-state index contributed by atoms with van der Waals surface area (Å²) in [5, 5.41) is 0.516. The summed E-state index contributed by atoms with van der Waals surface area (Å²) in [6.45, 7) is 2.37. The lowest BCUT2D eigenvalue weighted by molar-refractivity contribution is -0.119. The van der Waals surface area contributed by atoms with Crippen molar-refractivity contribution in [3.8, 4) is 0 Å². The van der Waals surface area contributed by atoms with Crippen LogP contribution in [0.1, 0.15) is 6.92 Å². The number of carbonyl (C=O) groups excluding carboxylic acids is 1. The lowest BCUT2D eigenvalue weighted by Gasteiger charge is -2.21. The van der Waals surface area contributed by atoms with Gasteiger partial charge in [-0.2, -0.15) is 0 Å². The van der Waals surface area contributed by atoms with Crippen LogP contribution in [0, 0.1) is 5.82 Å². The van der Waals surface area contributed by atoms with Gasteiger partial charge in [0.15, 0.2) is 0 Å². The van der Waals surface area contributed by atoms with E-state index in [1.54, 1.807) is 33.7 Å². The zero-order valence-electron chi connectivity index (χ0n) is 16.9. The third-order valence-electron chi connectivity index (χ3n) is 5.16. The van der Waals surface area contributed by atoms with E-state index in [0.717, 1.165) is 17.8 Å². The molecule has 0 aliphatic rings. The van der Waals surface area contributed by atoms with Crippen LogP contribution in [0.3, 0.4) is 0 Å². The van der Waals surface area contributed by atoms with Crippen molar-refractivity contribution in [1.29, 1.82) is 0 Å². The molecule has 0 bridgehead atoms. The van der Waals surface area contributed by atoms with Crippen molar-refractivity contribution in [3.05, 3.63) is 90.9 Å². The molecule has 0 saturated heterocycles. The predicted octanol–water partition coefficient (Wildman–Crippen LogP) is 4.67. The van der Waals surface area contributed by atoms with E-state index in [4.69, 9.17) is 0 Å². The second-order valence-corrected chi connectivity index (χ2v) is 8.99. The van der Waals surface area contributed by atoms with Gasteiger partial charge < -0.3 is 9.47 Å². The molecule has 0 unspecified atom stereocenters. The first-order valence-electron chi connectivity index (χ1n) is 9.85. The zero-order valence-corrected chi connectivity index (χ0v) is 17.7. The maximum atomic E-state index is 13.3. The highest BCUT2D eigenvalue weighted by Crippen LogP contribution is 2.30. The number of benzene rings is 3. The molecule has 0 saturated carbocycles. The standard InChI is InChI=1S/C24H21FN2O3S/c1-2-27(19-8-4-3-5-9-19)24(28)17-26-16-23(21-10-6-7-11-22(21)26)31(29,30)20-14-12-18(25)13-15-20/h3-16H,2,17H2,1H3. The minimum absolute atomic E-state index is 0.00241. The Kier molecular flexibility index (Phi) is 5.61. The smallest absolute Gasteiger partial charge is 0.246 e. The fourth-order valence-corrected chi connectivity index (χ4v) is 5.12. The van der Waals surface area contributed by atoms with Gasteiger partial charge in [0.2, 0.25) is 15.7 Å². The van der Waals surface area contributed by atoms with Gasteiger partial charge in [-0.1, -0.05) is 36.4 Å². The summed E-state index contributed by atoms with van der Waals surface area (Å²) in [5.41, 5.74) is 1.42. The van der Waals surface area contributed by atoms with E-state index in [-0.39, 0.29) is 22.2 Å². The molecular weight excluding hydrogens is 415 g/mol. The first kappa shape index (κ1) is 20.8. The largest absolute Gasteiger partial charge is 0.337 e. The second-order valence-electron chi connectivity index (χ2n) is 7.07. The minimum Gasteiger partial charge on any atom is -0.337 e. The fourth-order valence-electron chi connectivity index (χ4n) is 3.64. The maximum absolute atomic E-state index is 13.3. The van der Waals surface area contributed by atoms with E-state index < -0.39 is 15.7 Å². The molecule has 7 heteroatoms. The molecule has 0 spiro atoms. The predicted molar refractivity (Wildman–Crippen MR) is 118 cm³/mol. The molecule has 31 heavy (non-hydrogen) atoms. The molecule has 0 fully saturated rings. The molecular formula is C24H21FN2O3S. The number of hydrogen-bond acceptors (Lipinski definition) is 3. The first-order valence-corrected chi connectivity index (χ1v) is 11.3. The molecule has 158 valence electrons. The minimum atomic E-state index is -3.89. The van der Waals surface area contributed by atoms with E-state index in [9.17, 15) is 17.6 Å². The van der Waals surface area contributed by atoms with Crippen LogP contribution in [-0.2, 0) is 21.2 Å². The Balaban J connectivity index is 1.75. The van der Waals surface area contributed by atoms with Crippen molar-refractivity contribution in [2.24, 2.45) is 0 Å². The number of hydrogen-bond donors (Lipinski definition) is 0. The molecule has 0 aliphatic heterocycles. The number of rotatable bonds is 6. The number of aromatic nitrogens is 1. The van der Waals surface area contributed by atoms with E-state index in [2.05, 4.69) is 0 Å². The normalized spacial score (nSPS) is 11.5. The zero-order chi connectivity index (χ0) is 22.0. The van der Waals surface area contributed by atoms with Gasteiger partial charge in [0.05, 0.1) is 9.79 Å². The number of sulfone groups is 1. The number of halogens is 1. The Morgan fingerprint density at radius 3 is 2.26 bits per heavy atom. The molecule has 3 aromatic carbocycles. The summed E-state index contributed by atoms with van der Waals surface area (Å²) in [7, 11) is -3.89. The van der Waals surface area contributed by atoms with Gasteiger partial charge >= 0.3 is 0 Å². The number of fused-ring (bicyclic) bond motifs is 1. The van der Waals surface area contributed by atoms with Crippen LogP contribution in [0.5, 0.6) is 0 Å². The molecule has 4 aromatic rings. The highest BCUT2D eigenvalue weighted by atomic mass is 32.2. The third-order valence-corrected chi connectivity index (χ3v) is 6.95. The summed E-state index contributed by atoms with van der Waals surface area (Å²) in [6.07, 6.45) is 1.49. The van der Waals surface area contributed by atoms with Gasteiger partial charge in [-0.25, -0.2) is 12.8 Å². The highest BCUT2D eigenvalue weighted by molar-refractivity contribution is 7.91. The van der Waals surface area contributed by atoms with Gasteiger partial charge in [-0.3, -0.25) is 4.79 Å². The number of amides is 1. The molecule has 5 nitrogen and oxygen atoms in total. The van der Waals surface area contributed by atoms with Crippen molar-refractivity contribution in [2.75, 3.05) is 11.4 Å². The van der Waals surface area contributed by atoms with E-state index in [1.165, 1.54) is 18.3 Å². The first-order chi connectivity index (χ1) is 14.9. The van der Waals surface area contributed by atoms with Crippen LogP contribution in [0.25, 0.3) is 10.9 Å². The lowest BCUT2D eigenvalue weighted by Crippen LogP contribution is -2.33. The Morgan fingerprint density at radius 1 is 0.935 bits per heavy atom. The van der Waals surface area contributed by atoms with Crippen molar-refractivity contribution in [3.63, 3.8) is 0 Å². The summed E-state index contributed by atoms with van der Waals surface area (Å²) in [6, 6.07) is 21.1. The summed E-state index contributed by atoms with van der Waals surface area (Å²) in [4.78, 5) is 14.8. The SMILES string of the molecule is CCN(C(=O)Cn1cc(S(=O)(=O)c2ccc(F)cc2)c2ccccc21)c1ccccc1. The third kappa shape index (κ3) is 3.96. The highest BCUT2D eigenvalue weighted by Gasteiger charge is 2.24. The topological polar surface area (TPSA) is 59.4 Å². The second kappa shape index (κ2) is 8.35. The van der Waals surface area contributed by atoms with Crippen LogP contribution in [0.2, 0.25) is 0 Å². The number of nitrogens with zero attached hydrogens (tertiary/aromatic N) is 2. The van der Waals surface area contributed by atoms with E-state index in [0.29, 0.717) is 17.4 Å². The number of anilines is 1. The van der Waals surface area contributed by atoms with Crippen LogP contribution in [0.15, 0.2) is 94.9 Å². The average molecular weight is 437 g/mol. The van der Waals surface area contributed by atoms with Crippen LogP contribution >= 0.6 is 0 Å². The molecule has 0 radical (unpaired) electrons. The van der Waals surface area contributed by atoms with Crippen LogP contribution in [-0.4, -0.2) is 25.4 Å². The van der Waals surface area contributed by atoms with Crippen molar-refractivity contribution in [1.82, 2.24) is 4.57 Å². The van der Waals surface area contributed by atoms with Crippen molar-refractivity contribution in [2.45, 2.75) is 23.3 Å². The van der Waals surface area contributed by atoms with Crippen LogP contribution in [0.4, 0.5) is 10.1 Å². The molecule has 0 atom stereocenters. The Labute approximate surface area is 180 Å². The van der Waals surface area contributed by atoms with Crippen molar-refractivity contribution >= 4 is 32.3 Å². The van der Waals surface area contributed by atoms with Gasteiger partial charge in [0.1, 0.15) is 12.4 Å². The van der Waals surface area contributed by atoms with E-state index >= 15 is 0 Å². The Hall–Kier alpha value is -3.45. The Morgan fingerprint density at radius 2 is 1.58 bits per heavy atom. The van der Waals surface area contributed by atoms with Gasteiger partial charge in [-0.05, 0) is 49.4 Å². The van der Waals surface area contributed by atoms with Gasteiger partial charge in [0.25, 0.3) is 0 Å². The monoisotopic (exact) mass is 436 g/mol. The molecule has 0 aliphatic carbocycles. The van der Waals surface area contributed by atoms with E-state index in [1.807, 2.05) is 37.3 Å². The molecule has 0 N–H and O–H groups in total. The number of para-hydroxylation sites is 2. The maximum Gasteiger partial charge on any atom is 0.246 e. The van der Waals surface area contributed by atoms with Gasteiger partial charge in [-0.15, -0.1) is 0 Å². The van der Waals surface area contributed by atoms with Crippen LogP contribution < -0.4 is 4.90 Å². The summed E-state index contributed by atoms with van der Waals surface area (Å²) < 4.78 is 41.4. The summed E-state index contributed by atoms with van der Waals surface area (Å²) >= 11 is 0. The summed E-state index contributed by atoms with van der Waals surface area (Å²) in [5.74, 6) is -0.660. The molecule has 4 rings (SSSR count). The number of carbonyl (C=O) groups is 1. The molecule has 1 aromatic heterocycles. The lowest BCUT2D eigenvalue weighted by atomic mass is 10.2.